The van der Waals surface area contributed by atoms with Crippen molar-refractivity contribution >= 4 is 0 Å². The molecule has 3 rings (SSSR count). The maximum absolute atomic E-state index is 12.1. The Kier molecular flexibility index (Phi) is 3.51. The van der Waals surface area contributed by atoms with Gasteiger partial charge in [-0.1, -0.05) is 24.3 Å². The monoisotopic (exact) mass is 285 g/mol. The van der Waals surface area contributed by atoms with E-state index in [4.69, 9.17) is 0 Å². The average Bonchev–Trinajstić information content (AvgIpc) is 2.90. The van der Waals surface area contributed by atoms with E-state index in [1.165, 1.54) is 22.7 Å². The van der Waals surface area contributed by atoms with E-state index in [0.717, 1.165) is 17.4 Å². The minimum absolute atomic E-state index is 0.221. The van der Waals surface area contributed by atoms with Crippen LogP contribution in [0.15, 0.2) is 40.1 Å². The zero-order valence-corrected chi connectivity index (χ0v) is 12.3. The third-order valence-corrected chi connectivity index (χ3v) is 4.15. The van der Waals surface area contributed by atoms with Crippen molar-refractivity contribution in [3.05, 3.63) is 68.0 Å². The van der Waals surface area contributed by atoms with E-state index in [1.807, 2.05) is 0 Å². The fourth-order valence-corrected chi connectivity index (χ4v) is 2.96. The van der Waals surface area contributed by atoms with Gasteiger partial charge in [0.1, 0.15) is 0 Å². The molecule has 0 aliphatic heterocycles. The van der Waals surface area contributed by atoms with Crippen LogP contribution in [0.4, 0.5) is 0 Å². The molecule has 21 heavy (non-hydrogen) atoms. The lowest BCUT2D eigenvalue weighted by Gasteiger charge is -2.12. The minimum atomic E-state index is -0.294. The van der Waals surface area contributed by atoms with Gasteiger partial charge < -0.3 is 9.88 Å². The average molecular weight is 285 g/mol. The second-order valence-corrected chi connectivity index (χ2v) is 5.67. The molecule has 0 unspecified atom stereocenters. The van der Waals surface area contributed by atoms with E-state index in [1.54, 1.807) is 13.2 Å². The summed E-state index contributed by atoms with van der Waals surface area (Å²) in [4.78, 5) is 23.7. The van der Waals surface area contributed by atoms with Crippen LogP contribution in [0.1, 0.15) is 16.7 Å². The summed E-state index contributed by atoms with van der Waals surface area (Å²) in [7, 11) is 3.18. The quantitative estimate of drug-likeness (QED) is 0.885. The van der Waals surface area contributed by atoms with Crippen LogP contribution in [-0.4, -0.2) is 15.2 Å². The summed E-state index contributed by atoms with van der Waals surface area (Å²) in [5.41, 5.74) is 2.86. The number of benzene rings is 1. The van der Waals surface area contributed by atoms with Crippen LogP contribution in [0.2, 0.25) is 0 Å². The summed E-state index contributed by atoms with van der Waals surface area (Å²) in [6.45, 7) is 0.486. The van der Waals surface area contributed by atoms with E-state index in [0.29, 0.717) is 18.2 Å². The number of nitrogens with one attached hydrogen (secondary N) is 1. The number of nitrogens with zero attached hydrogens (tertiary/aromatic N) is 2. The number of fused-ring (bicyclic) bond motifs is 1. The van der Waals surface area contributed by atoms with E-state index >= 15 is 0 Å². The maximum Gasteiger partial charge on any atom is 0.330 e. The Morgan fingerprint density at radius 3 is 2.38 bits per heavy atom. The predicted octanol–water partition coefficient (Wildman–Crippen LogP) is 0.341. The van der Waals surface area contributed by atoms with Gasteiger partial charge in [-0.15, -0.1) is 0 Å². The SMILES string of the molecule is Cn1cc(CNC2Cc3ccccc3C2)c(=O)n(C)c1=O. The molecule has 1 aliphatic carbocycles. The zero-order valence-electron chi connectivity index (χ0n) is 12.3. The predicted molar refractivity (Wildman–Crippen MR) is 81.4 cm³/mol. The van der Waals surface area contributed by atoms with E-state index in [2.05, 4.69) is 29.6 Å². The largest absolute Gasteiger partial charge is 0.330 e. The fourth-order valence-electron chi connectivity index (χ4n) is 2.96. The highest BCUT2D eigenvalue weighted by Gasteiger charge is 2.20. The van der Waals surface area contributed by atoms with Gasteiger partial charge in [0.2, 0.25) is 0 Å². The fraction of sp³-hybridized carbons (Fsp3) is 0.375. The van der Waals surface area contributed by atoms with Crippen molar-refractivity contribution in [3.63, 3.8) is 0 Å². The highest BCUT2D eigenvalue weighted by molar-refractivity contribution is 5.33. The van der Waals surface area contributed by atoms with Crippen LogP contribution in [0.3, 0.4) is 0 Å². The van der Waals surface area contributed by atoms with Gasteiger partial charge in [0.15, 0.2) is 0 Å². The molecule has 0 atom stereocenters. The molecule has 2 aromatic rings. The van der Waals surface area contributed by atoms with E-state index < -0.39 is 0 Å². The topological polar surface area (TPSA) is 56.0 Å². The Balaban J connectivity index is 1.73. The Morgan fingerprint density at radius 1 is 1.14 bits per heavy atom. The summed E-state index contributed by atoms with van der Waals surface area (Å²) in [6, 6.07) is 8.78. The molecule has 0 fully saturated rings. The summed E-state index contributed by atoms with van der Waals surface area (Å²) in [5.74, 6) is 0. The van der Waals surface area contributed by atoms with Crippen LogP contribution in [0.25, 0.3) is 0 Å². The molecule has 110 valence electrons. The van der Waals surface area contributed by atoms with Gasteiger partial charge in [0.05, 0.1) is 0 Å². The summed E-state index contributed by atoms with van der Waals surface area (Å²) < 4.78 is 2.60. The molecule has 1 heterocycles. The molecule has 0 amide bonds. The lowest BCUT2D eigenvalue weighted by atomic mass is 10.1. The van der Waals surface area contributed by atoms with Crippen LogP contribution >= 0.6 is 0 Å². The van der Waals surface area contributed by atoms with E-state index in [-0.39, 0.29) is 11.2 Å². The van der Waals surface area contributed by atoms with E-state index in [9.17, 15) is 9.59 Å². The number of hydrogen-bond acceptors (Lipinski definition) is 3. The van der Waals surface area contributed by atoms with Crippen LogP contribution in [-0.2, 0) is 33.5 Å². The van der Waals surface area contributed by atoms with Gasteiger partial charge in [0, 0.05) is 38.4 Å². The van der Waals surface area contributed by atoms with Crippen molar-refractivity contribution in [1.29, 1.82) is 0 Å². The first-order chi connectivity index (χ1) is 10.1. The summed E-state index contributed by atoms with van der Waals surface area (Å²) in [5, 5.41) is 3.43. The van der Waals surface area contributed by atoms with Crippen molar-refractivity contribution in [2.75, 3.05) is 0 Å². The highest BCUT2D eigenvalue weighted by Crippen LogP contribution is 2.21. The second kappa shape index (κ2) is 5.33. The van der Waals surface area contributed by atoms with Crippen molar-refractivity contribution < 1.29 is 0 Å². The molecule has 1 aromatic heterocycles. The molecule has 0 spiro atoms. The molecular formula is C16H19N3O2. The Bertz CT molecular complexity index is 764. The lowest BCUT2D eigenvalue weighted by molar-refractivity contribution is 0.523. The molecule has 0 saturated heterocycles. The molecule has 5 nitrogen and oxygen atoms in total. The van der Waals surface area contributed by atoms with Crippen molar-refractivity contribution in [2.45, 2.75) is 25.4 Å². The second-order valence-electron chi connectivity index (χ2n) is 5.67. The van der Waals surface area contributed by atoms with Gasteiger partial charge in [-0.3, -0.25) is 9.36 Å². The highest BCUT2D eigenvalue weighted by atomic mass is 16.2. The number of aromatic nitrogens is 2. The van der Waals surface area contributed by atoms with Crippen molar-refractivity contribution in [1.82, 2.24) is 14.5 Å². The third-order valence-electron chi connectivity index (χ3n) is 4.15. The van der Waals surface area contributed by atoms with Gasteiger partial charge in [-0.05, 0) is 24.0 Å². The van der Waals surface area contributed by atoms with Crippen LogP contribution in [0.5, 0.6) is 0 Å². The molecule has 5 heteroatoms. The first-order valence-corrected chi connectivity index (χ1v) is 7.12. The Labute approximate surface area is 122 Å². The van der Waals surface area contributed by atoms with Crippen molar-refractivity contribution in [2.24, 2.45) is 14.1 Å². The number of aryl methyl sites for hydroxylation is 1. The van der Waals surface area contributed by atoms with Gasteiger partial charge in [-0.2, -0.15) is 0 Å². The Morgan fingerprint density at radius 2 is 1.76 bits per heavy atom. The van der Waals surface area contributed by atoms with Gasteiger partial charge in [0.25, 0.3) is 5.56 Å². The molecule has 1 N–H and O–H groups in total. The molecule has 1 aliphatic rings. The number of rotatable bonds is 3. The smallest absolute Gasteiger partial charge is 0.309 e. The first kappa shape index (κ1) is 13.8. The maximum atomic E-state index is 12.1. The Hall–Kier alpha value is -2.14. The van der Waals surface area contributed by atoms with Gasteiger partial charge >= 0.3 is 5.69 Å². The molecule has 0 saturated carbocycles. The van der Waals surface area contributed by atoms with Gasteiger partial charge in [-0.25, -0.2) is 4.79 Å². The first-order valence-electron chi connectivity index (χ1n) is 7.12. The molecule has 1 aromatic carbocycles. The van der Waals surface area contributed by atoms with Crippen LogP contribution in [0, 0.1) is 0 Å². The normalized spacial score (nSPS) is 14.4. The molecule has 0 radical (unpaired) electrons. The lowest BCUT2D eigenvalue weighted by Crippen LogP contribution is -2.40. The van der Waals surface area contributed by atoms with Crippen molar-refractivity contribution in [3.8, 4) is 0 Å². The summed E-state index contributed by atoms with van der Waals surface area (Å²) >= 11 is 0. The van der Waals surface area contributed by atoms with Crippen LogP contribution < -0.4 is 16.6 Å². The number of hydrogen-bond donors (Lipinski definition) is 1. The zero-order chi connectivity index (χ0) is 15.0. The third kappa shape index (κ3) is 2.56. The minimum Gasteiger partial charge on any atom is -0.309 e. The molecular weight excluding hydrogens is 266 g/mol. The summed E-state index contributed by atoms with van der Waals surface area (Å²) in [6.07, 6.45) is 3.60. The standard InChI is InChI=1S/C16H19N3O2/c1-18-10-13(15(20)19(2)16(18)21)9-17-14-7-11-5-3-4-6-12(11)8-14/h3-6,10,14,17H,7-9H2,1-2H3. The molecule has 0 bridgehead atoms.